The van der Waals surface area contributed by atoms with Crippen molar-refractivity contribution in [1.82, 2.24) is 0 Å². The molecule has 0 amide bonds. The van der Waals surface area contributed by atoms with Crippen molar-refractivity contribution in [3.05, 3.63) is 0 Å². The van der Waals surface area contributed by atoms with Crippen LogP contribution in [0.3, 0.4) is 0 Å². The van der Waals surface area contributed by atoms with Gasteiger partial charge >= 0.3 is 14.8 Å². The number of carboxylic acid groups (broad SMARTS) is 1. The van der Waals surface area contributed by atoms with Crippen molar-refractivity contribution in [1.29, 1.82) is 0 Å². The highest BCUT2D eigenvalue weighted by Crippen LogP contribution is 2.31. The summed E-state index contributed by atoms with van der Waals surface area (Å²) in [5.74, 6) is -1.28. The van der Waals surface area contributed by atoms with E-state index in [2.05, 4.69) is 0 Å². The van der Waals surface area contributed by atoms with Crippen molar-refractivity contribution >= 4 is 14.8 Å². The second-order valence-corrected chi connectivity index (χ2v) is 6.18. The van der Waals surface area contributed by atoms with Crippen molar-refractivity contribution in [2.45, 2.75) is 31.0 Å². The Morgan fingerprint density at radius 1 is 1.40 bits per heavy atom. The molecular weight excluding hydrogens is 224 g/mol. The van der Waals surface area contributed by atoms with Crippen LogP contribution in [-0.2, 0) is 18.1 Å². The Labute approximate surface area is 86.6 Å². The fourth-order valence-electron chi connectivity index (χ4n) is 1.72. The lowest BCUT2D eigenvalue weighted by atomic mass is 10.0. The normalized spacial score (nSPS) is 50.1. The number of carbonyl (C=O) groups is 1. The third-order valence-corrected chi connectivity index (χ3v) is 4.55. The molecule has 7 nitrogen and oxygen atoms in total. The molecule has 0 saturated carbocycles. The minimum absolute atomic E-state index is 0.00319. The van der Waals surface area contributed by atoms with Crippen molar-refractivity contribution in [2.75, 3.05) is 6.61 Å². The van der Waals surface area contributed by atoms with Crippen molar-refractivity contribution < 1.29 is 33.4 Å². The van der Waals surface area contributed by atoms with Crippen LogP contribution < -0.4 is 0 Å². The Hall–Kier alpha value is -0.513. The molecular formula is C7H12O7Si. The maximum atomic E-state index is 10.8. The zero-order valence-electron chi connectivity index (χ0n) is 7.99. The van der Waals surface area contributed by atoms with Gasteiger partial charge in [-0.15, -0.1) is 0 Å². The predicted molar refractivity (Wildman–Crippen MR) is 47.0 cm³/mol. The Morgan fingerprint density at radius 2 is 2.07 bits per heavy atom. The van der Waals surface area contributed by atoms with Crippen molar-refractivity contribution in [2.24, 2.45) is 0 Å². The molecule has 8 heteroatoms. The number of fused-ring (bicyclic) bond motifs is 2. The summed E-state index contributed by atoms with van der Waals surface area (Å²) in [5, 5.41) is 27.9. The molecule has 0 aromatic heterocycles. The van der Waals surface area contributed by atoms with Crippen LogP contribution in [0.5, 0.6) is 0 Å². The minimum atomic E-state index is -3.00. The standard InChI is InChI=1S/C7H12O7Si/c1-15-12-2-3(8)5(13-15)4(9)6(14-15)7(10)11/h3-6,8-9H,2H2,1H3,(H,10,11). The van der Waals surface area contributed by atoms with Gasteiger partial charge in [-0.05, 0) is 0 Å². The maximum Gasteiger partial charge on any atom is 0.499 e. The van der Waals surface area contributed by atoms with Crippen molar-refractivity contribution in [3.8, 4) is 0 Å². The van der Waals surface area contributed by atoms with Crippen LogP contribution in [0.15, 0.2) is 0 Å². The predicted octanol–water partition coefficient (Wildman–Crippen LogP) is -1.82. The molecule has 2 aliphatic heterocycles. The summed E-state index contributed by atoms with van der Waals surface area (Å²) < 4.78 is 15.5. The van der Waals surface area contributed by atoms with E-state index in [9.17, 15) is 15.0 Å². The highest BCUT2D eigenvalue weighted by Gasteiger charge is 2.57. The number of carboxylic acids is 1. The summed E-state index contributed by atoms with van der Waals surface area (Å²) in [5.41, 5.74) is 0. The second-order valence-electron chi connectivity index (χ2n) is 3.69. The highest BCUT2D eigenvalue weighted by molar-refractivity contribution is 6.59. The molecule has 0 aromatic carbocycles. The molecule has 0 aromatic rings. The number of aliphatic hydroxyl groups is 2. The van der Waals surface area contributed by atoms with E-state index in [1.54, 1.807) is 0 Å². The molecule has 5 unspecified atom stereocenters. The summed E-state index contributed by atoms with van der Waals surface area (Å²) in [4.78, 5) is 10.8. The maximum absolute atomic E-state index is 10.8. The molecule has 3 N–H and O–H groups in total. The van der Waals surface area contributed by atoms with Gasteiger partial charge in [0.2, 0.25) is 0 Å². The molecule has 5 atom stereocenters. The van der Waals surface area contributed by atoms with Gasteiger partial charge in [-0.3, -0.25) is 0 Å². The lowest BCUT2D eigenvalue weighted by Crippen LogP contribution is -2.69. The molecule has 2 bridgehead atoms. The van der Waals surface area contributed by atoms with E-state index in [1.807, 2.05) is 0 Å². The number of aliphatic hydroxyl groups excluding tert-OH is 2. The average Bonchev–Trinajstić information content (AvgIpc) is 2.17. The third kappa shape index (κ3) is 1.79. The van der Waals surface area contributed by atoms with E-state index in [-0.39, 0.29) is 6.61 Å². The van der Waals surface area contributed by atoms with Gasteiger partial charge in [-0.25, -0.2) is 4.79 Å². The molecule has 2 heterocycles. The SMILES string of the molecule is C[Si]12OCC(O)C(O1)C(O)C(C(=O)O)O2. The monoisotopic (exact) mass is 236 g/mol. The van der Waals surface area contributed by atoms with Gasteiger partial charge < -0.3 is 28.6 Å². The zero-order valence-corrected chi connectivity index (χ0v) is 8.99. The fourth-order valence-corrected chi connectivity index (χ4v) is 3.88. The van der Waals surface area contributed by atoms with E-state index in [1.165, 1.54) is 6.55 Å². The molecule has 2 rings (SSSR count). The van der Waals surface area contributed by atoms with Gasteiger partial charge in [0.15, 0.2) is 6.10 Å². The van der Waals surface area contributed by atoms with Crippen LogP contribution >= 0.6 is 0 Å². The van der Waals surface area contributed by atoms with Crippen LogP contribution in [-0.4, -0.2) is 61.1 Å². The third-order valence-electron chi connectivity index (χ3n) is 2.48. The van der Waals surface area contributed by atoms with Crippen LogP contribution in [0.2, 0.25) is 6.55 Å². The van der Waals surface area contributed by atoms with Gasteiger partial charge in [-0.1, -0.05) is 0 Å². The van der Waals surface area contributed by atoms with E-state index >= 15 is 0 Å². The topological polar surface area (TPSA) is 105 Å². The summed E-state index contributed by atoms with van der Waals surface area (Å²) in [7, 11) is -3.00. The first-order chi connectivity index (χ1) is 6.93. The van der Waals surface area contributed by atoms with Gasteiger partial charge in [0.25, 0.3) is 0 Å². The van der Waals surface area contributed by atoms with Crippen LogP contribution in [0.25, 0.3) is 0 Å². The molecule has 86 valence electrons. The fraction of sp³-hybridized carbons (Fsp3) is 0.857. The minimum Gasteiger partial charge on any atom is -0.479 e. The van der Waals surface area contributed by atoms with Crippen LogP contribution in [0, 0.1) is 0 Å². The van der Waals surface area contributed by atoms with Gasteiger partial charge in [0.05, 0.1) is 6.61 Å². The largest absolute Gasteiger partial charge is 0.499 e. The quantitative estimate of drug-likeness (QED) is 0.460. The summed E-state index contributed by atoms with van der Waals surface area (Å²) in [6, 6.07) is 0. The van der Waals surface area contributed by atoms with Crippen LogP contribution in [0.4, 0.5) is 0 Å². The van der Waals surface area contributed by atoms with E-state index in [0.717, 1.165) is 0 Å². The lowest BCUT2D eigenvalue weighted by molar-refractivity contribution is -0.207. The molecule has 15 heavy (non-hydrogen) atoms. The molecule has 0 aliphatic carbocycles. The highest BCUT2D eigenvalue weighted by atomic mass is 28.4. The molecule has 2 aliphatic rings. The first-order valence-electron chi connectivity index (χ1n) is 4.51. The number of rotatable bonds is 1. The number of hydrogen-bond donors (Lipinski definition) is 3. The van der Waals surface area contributed by atoms with E-state index in [0.29, 0.717) is 0 Å². The van der Waals surface area contributed by atoms with Gasteiger partial charge in [-0.2, -0.15) is 0 Å². The summed E-state index contributed by atoms with van der Waals surface area (Å²) >= 11 is 0. The van der Waals surface area contributed by atoms with Crippen molar-refractivity contribution in [3.63, 3.8) is 0 Å². The number of hydrogen-bond acceptors (Lipinski definition) is 6. The second kappa shape index (κ2) is 3.51. The molecule has 2 fully saturated rings. The van der Waals surface area contributed by atoms with Gasteiger partial charge in [0.1, 0.15) is 18.3 Å². The summed E-state index contributed by atoms with van der Waals surface area (Å²) in [6.45, 7) is 1.53. The Kier molecular flexibility index (Phi) is 2.57. The molecule has 0 radical (unpaired) electrons. The Balaban J connectivity index is 2.24. The molecule has 2 saturated heterocycles. The van der Waals surface area contributed by atoms with E-state index < -0.39 is 39.2 Å². The van der Waals surface area contributed by atoms with Gasteiger partial charge in [0, 0.05) is 6.55 Å². The first-order valence-corrected chi connectivity index (χ1v) is 6.74. The Morgan fingerprint density at radius 3 is 2.67 bits per heavy atom. The lowest BCUT2D eigenvalue weighted by Gasteiger charge is -2.46. The summed E-state index contributed by atoms with van der Waals surface area (Å²) in [6.07, 6.45) is -4.73. The smallest absolute Gasteiger partial charge is 0.479 e. The van der Waals surface area contributed by atoms with E-state index in [4.69, 9.17) is 18.4 Å². The molecule has 0 spiro atoms. The number of aliphatic carboxylic acids is 1. The average molecular weight is 236 g/mol. The first kappa shape index (κ1) is 11.0. The Bertz CT molecular complexity index is 285. The van der Waals surface area contributed by atoms with Crippen LogP contribution in [0.1, 0.15) is 0 Å². The zero-order chi connectivity index (χ0) is 11.2.